The first-order valence-electron chi connectivity index (χ1n) is 6.35. The van der Waals surface area contributed by atoms with E-state index in [9.17, 15) is 4.21 Å². The summed E-state index contributed by atoms with van der Waals surface area (Å²) in [6.07, 6.45) is 12.7. The van der Waals surface area contributed by atoms with E-state index in [-0.39, 0.29) is 22.4 Å². The van der Waals surface area contributed by atoms with E-state index in [1.54, 1.807) is 0 Å². The minimum absolute atomic E-state index is 0. The van der Waals surface area contributed by atoms with Gasteiger partial charge in [0.1, 0.15) is 0 Å². The summed E-state index contributed by atoms with van der Waals surface area (Å²) < 4.78 is 18.9. The number of hydrogen-bond acceptors (Lipinski definition) is 1. The first-order valence-corrected chi connectivity index (χ1v) is 7.62. The Hall–Kier alpha value is 0.850. The van der Waals surface area contributed by atoms with Gasteiger partial charge < -0.3 is 4.55 Å². The first kappa shape index (κ1) is 19.2. The van der Waals surface area contributed by atoms with E-state index in [1.165, 1.54) is 51.4 Å². The zero-order chi connectivity index (χ0) is 11.4. The van der Waals surface area contributed by atoms with Crippen molar-refractivity contribution in [3.05, 3.63) is 0 Å². The van der Waals surface area contributed by atoms with Crippen molar-refractivity contribution in [3.8, 4) is 0 Å². The minimum atomic E-state index is -1.58. The van der Waals surface area contributed by atoms with Gasteiger partial charge in [0.05, 0.1) is 0 Å². The van der Waals surface area contributed by atoms with Crippen LogP contribution in [0.5, 0.6) is 0 Å². The molecule has 16 heavy (non-hydrogen) atoms. The molecule has 0 aliphatic rings. The monoisotopic (exact) mass is 341 g/mol. The van der Waals surface area contributed by atoms with Gasteiger partial charge in [-0.05, 0) is 6.42 Å². The van der Waals surface area contributed by atoms with Gasteiger partial charge in [0.2, 0.25) is 0 Å². The van der Waals surface area contributed by atoms with Crippen LogP contribution in [0, 0.1) is 0 Å². The smallest absolute Gasteiger partial charge is 0.306 e. The van der Waals surface area contributed by atoms with E-state index in [4.69, 9.17) is 4.55 Å². The van der Waals surface area contributed by atoms with Crippen LogP contribution in [0.15, 0.2) is 0 Å². The van der Waals surface area contributed by atoms with E-state index in [2.05, 4.69) is 6.92 Å². The van der Waals surface area contributed by atoms with Crippen molar-refractivity contribution < 1.29 is 31.1 Å². The molecule has 0 fully saturated rings. The van der Waals surface area contributed by atoms with Crippen molar-refractivity contribution >= 4 is 11.1 Å². The van der Waals surface area contributed by atoms with Gasteiger partial charge in [0.15, 0.2) is 11.1 Å². The molecule has 0 heterocycles. The van der Waals surface area contributed by atoms with E-state index < -0.39 is 11.1 Å². The molecule has 0 saturated heterocycles. The zero-order valence-corrected chi connectivity index (χ0v) is 12.6. The van der Waals surface area contributed by atoms with Crippen LogP contribution < -0.4 is 0 Å². The molecule has 0 aliphatic carbocycles. The van der Waals surface area contributed by atoms with Gasteiger partial charge in [-0.2, -0.15) is 0 Å². The molecular weight excluding hydrogens is 316 g/mol. The van der Waals surface area contributed by atoms with Gasteiger partial charge >= 0.3 is 22.4 Å². The Morgan fingerprint density at radius 3 is 1.56 bits per heavy atom. The molecule has 2 nitrogen and oxygen atoms in total. The Balaban J connectivity index is 0. The first-order chi connectivity index (χ1) is 7.27. The maximum absolute atomic E-state index is 10.3. The molecule has 0 bridgehead atoms. The standard InChI is InChI=1S/C12H26O2S.Ag/c1-2-3-4-5-6-7-8-9-10-11-12-15(13)14;/h2-12H2,1H3,(H,13,14);/q;+1. The number of hydrogen-bond donors (Lipinski definition) is 1. The van der Waals surface area contributed by atoms with Crippen LogP contribution >= 0.6 is 0 Å². The SMILES string of the molecule is CCCCCCCCCCCCS(=O)O.[Ag+]. The second-order valence-electron chi connectivity index (χ2n) is 4.21. The van der Waals surface area contributed by atoms with E-state index in [0.717, 1.165) is 12.8 Å². The van der Waals surface area contributed by atoms with Crippen LogP contribution in [0.4, 0.5) is 0 Å². The average Bonchev–Trinajstić information content (AvgIpc) is 2.20. The summed E-state index contributed by atoms with van der Waals surface area (Å²) in [6.45, 7) is 2.24. The number of rotatable bonds is 11. The third-order valence-corrected chi connectivity index (χ3v) is 3.31. The molecule has 0 saturated carbocycles. The molecule has 0 aromatic heterocycles. The summed E-state index contributed by atoms with van der Waals surface area (Å²) in [5.74, 6) is 0.455. The second-order valence-corrected chi connectivity index (χ2v) is 5.26. The Kier molecular flexibility index (Phi) is 19.0. The van der Waals surface area contributed by atoms with Crippen LogP contribution in [0.3, 0.4) is 0 Å². The fourth-order valence-electron chi connectivity index (χ4n) is 1.71. The Morgan fingerprint density at radius 1 is 0.812 bits per heavy atom. The van der Waals surface area contributed by atoms with Crippen molar-refractivity contribution in [2.45, 2.75) is 71.1 Å². The van der Waals surface area contributed by atoms with Gasteiger partial charge in [0.25, 0.3) is 0 Å². The van der Waals surface area contributed by atoms with Crippen LogP contribution in [-0.4, -0.2) is 14.5 Å². The van der Waals surface area contributed by atoms with Crippen molar-refractivity contribution in [1.82, 2.24) is 0 Å². The average molecular weight is 342 g/mol. The Morgan fingerprint density at radius 2 is 1.19 bits per heavy atom. The quantitative estimate of drug-likeness (QED) is 0.348. The van der Waals surface area contributed by atoms with Crippen molar-refractivity contribution in [3.63, 3.8) is 0 Å². The van der Waals surface area contributed by atoms with E-state index >= 15 is 0 Å². The van der Waals surface area contributed by atoms with E-state index in [0.29, 0.717) is 5.75 Å². The molecular formula is C12H26AgO2S+. The fraction of sp³-hybridized carbons (Fsp3) is 1.00. The third-order valence-electron chi connectivity index (χ3n) is 2.67. The van der Waals surface area contributed by atoms with Gasteiger partial charge in [-0.1, -0.05) is 64.7 Å². The molecule has 102 valence electrons. The minimum Gasteiger partial charge on any atom is -0.306 e. The molecule has 0 spiro atoms. The van der Waals surface area contributed by atoms with Crippen molar-refractivity contribution in [2.24, 2.45) is 0 Å². The number of unbranched alkanes of at least 4 members (excludes halogenated alkanes) is 9. The summed E-state index contributed by atoms with van der Waals surface area (Å²) in [7, 11) is 0. The molecule has 0 aromatic rings. The molecule has 1 unspecified atom stereocenters. The largest absolute Gasteiger partial charge is 1.00 e. The maximum atomic E-state index is 10.3. The van der Waals surface area contributed by atoms with Crippen molar-refractivity contribution in [2.75, 3.05) is 5.75 Å². The Labute approximate surface area is 119 Å². The molecule has 1 atom stereocenters. The maximum Gasteiger partial charge on any atom is 1.00 e. The molecule has 4 heteroatoms. The van der Waals surface area contributed by atoms with Gasteiger partial charge in [-0.3, -0.25) is 0 Å². The molecule has 0 aromatic carbocycles. The summed E-state index contributed by atoms with van der Waals surface area (Å²) >= 11 is -1.58. The Bertz CT molecular complexity index is 154. The van der Waals surface area contributed by atoms with E-state index in [1.807, 2.05) is 0 Å². The summed E-state index contributed by atoms with van der Waals surface area (Å²) in [5, 5.41) is 0. The van der Waals surface area contributed by atoms with Crippen LogP contribution in [-0.2, 0) is 33.5 Å². The second kappa shape index (κ2) is 15.9. The molecule has 0 radical (unpaired) electrons. The summed E-state index contributed by atoms with van der Waals surface area (Å²) in [6, 6.07) is 0. The molecule has 0 aliphatic heterocycles. The third kappa shape index (κ3) is 17.3. The summed E-state index contributed by atoms with van der Waals surface area (Å²) in [4.78, 5) is 0. The van der Waals surface area contributed by atoms with Crippen LogP contribution in [0.2, 0.25) is 0 Å². The van der Waals surface area contributed by atoms with Gasteiger partial charge in [-0.25, -0.2) is 4.21 Å². The topological polar surface area (TPSA) is 37.3 Å². The predicted octanol–water partition coefficient (Wildman–Crippen LogP) is 4.13. The normalized spacial score (nSPS) is 12.1. The summed E-state index contributed by atoms with van der Waals surface area (Å²) in [5.41, 5.74) is 0. The van der Waals surface area contributed by atoms with Gasteiger partial charge in [0, 0.05) is 5.75 Å². The van der Waals surface area contributed by atoms with Gasteiger partial charge in [-0.15, -0.1) is 0 Å². The predicted molar refractivity (Wildman–Crippen MR) is 67.5 cm³/mol. The molecule has 0 amide bonds. The fourth-order valence-corrected chi connectivity index (χ4v) is 2.16. The molecule has 0 rings (SSSR count). The van der Waals surface area contributed by atoms with Crippen molar-refractivity contribution in [1.29, 1.82) is 0 Å². The zero-order valence-electron chi connectivity index (χ0n) is 10.3. The molecule has 1 N–H and O–H groups in total. The van der Waals surface area contributed by atoms with Crippen LogP contribution in [0.25, 0.3) is 0 Å². The van der Waals surface area contributed by atoms with Crippen LogP contribution in [0.1, 0.15) is 71.1 Å².